The van der Waals surface area contributed by atoms with Gasteiger partial charge in [-0.25, -0.2) is 0 Å². The molecule has 0 bridgehead atoms. The van der Waals surface area contributed by atoms with Gasteiger partial charge in [-0.3, -0.25) is 0 Å². The molecule has 162 valence electrons. The second-order valence-corrected chi connectivity index (χ2v) is 12.0. The Balaban J connectivity index is 0.000000283. The molecule has 0 N–H and O–H groups in total. The molecule has 0 amide bonds. The molecule has 0 saturated carbocycles. The standard InChI is InChI=1S/C9H20O5Si.C9H14O3Si/c1-10-15(11-2,12-3)6-4-5-13-7-9-8-14-9;1-10-13(11-2,12-3)9-7-5-4-6-8-9/h9H,4-8H2,1-3H3;4-8H,1-3H3. The lowest BCUT2D eigenvalue weighted by molar-refractivity contribution is 0.100. The molecule has 0 spiro atoms. The molecule has 1 aliphatic heterocycles. The van der Waals surface area contributed by atoms with E-state index in [1.807, 2.05) is 30.3 Å². The van der Waals surface area contributed by atoms with Crippen LogP contribution in [0.2, 0.25) is 6.04 Å². The Morgan fingerprint density at radius 2 is 1.39 bits per heavy atom. The Bertz CT molecular complexity index is 491. The van der Waals surface area contributed by atoms with Crippen LogP contribution in [0.15, 0.2) is 30.3 Å². The van der Waals surface area contributed by atoms with Crippen molar-refractivity contribution in [2.24, 2.45) is 0 Å². The predicted molar refractivity (Wildman–Crippen MR) is 110 cm³/mol. The van der Waals surface area contributed by atoms with E-state index >= 15 is 0 Å². The van der Waals surface area contributed by atoms with Crippen molar-refractivity contribution in [2.75, 3.05) is 62.5 Å². The van der Waals surface area contributed by atoms with Gasteiger partial charge in [0.15, 0.2) is 0 Å². The molecule has 1 aromatic carbocycles. The average molecular weight is 435 g/mol. The van der Waals surface area contributed by atoms with Gasteiger partial charge >= 0.3 is 17.6 Å². The number of hydrogen-bond acceptors (Lipinski definition) is 8. The highest BCUT2D eigenvalue weighted by molar-refractivity contribution is 6.75. The van der Waals surface area contributed by atoms with Crippen molar-refractivity contribution in [3.05, 3.63) is 30.3 Å². The zero-order valence-electron chi connectivity index (χ0n) is 17.8. The normalized spacial score (nSPS) is 16.4. The van der Waals surface area contributed by atoms with Gasteiger partial charge in [0.05, 0.1) is 13.2 Å². The molecule has 2 rings (SSSR count). The van der Waals surface area contributed by atoms with Crippen LogP contribution < -0.4 is 5.19 Å². The minimum absolute atomic E-state index is 0.333. The number of rotatable bonds is 13. The monoisotopic (exact) mass is 434 g/mol. The SMILES string of the molecule is CO[Si](CCCOCC1CO1)(OC)OC.CO[Si](OC)(OC)c1ccccc1. The van der Waals surface area contributed by atoms with Crippen molar-refractivity contribution >= 4 is 22.8 Å². The maximum Gasteiger partial charge on any atom is 0.536 e. The van der Waals surface area contributed by atoms with E-state index in [1.165, 1.54) is 0 Å². The maximum absolute atomic E-state index is 5.42. The Kier molecular flexibility index (Phi) is 12.3. The first-order chi connectivity index (χ1) is 13.5. The fourth-order valence-corrected chi connectivity index (χ4v) is 6.07. The molecule has 1 unspecified atom stereocenters. The second kappa shape index (κ2) is 13.5. The van der Waals surface area contributed by atoms with E-state index in [4.69, 9.17) is 36.0 Å². The van der Waals surface area contributed by atoms with Gasteiger partial charge in [0.25, 0.3) is 0 Å². The lowest BCUT2D eigenvalue weighted by atomic mass is 10.4. The molecule has 0 radical (unpaired) electrons. The first-order valence-electron chi connectivity index (χ1n) is 9.11. The van der Waals surface area contributed by atoms with E-state index in [-0.39, 0.29) is 0 Å². The van der Waals surface area contributed by atoms with Crippen LogP contribution >= 0.6 is 0 Å². The summed E-state index contributed by atoms with van der Waals surface area (Å²) in [4.78, 5) is 0. The van der Waals surface area contributed by atoms with Crippen LogP contribution in [-0.4, -0.2) is 86.2 Å². The number of ether oxygens (including phenoxy) is 2. The minimum atomic E-state index is -2.59. The Labute approximate surface area is 170 Å². The summed E-state index contributed by atoms with van der Waals surface area (Å²) in [5.74, 6) is 0. The van der Waals surface area contributed by atoms with Crippen molar-refractivity contribution < 1.29 is 36.0 Å². The zero-order valence-corrected chi connectivity index (χ0v) is 19.8. The third-order valence-electron chi connectivity index (χ3n) is 4.34. The van der Waals surface area contributed by atoms with Crippen LogP contribution in [-0.2, 0) is 36.0 Å². The lowest BCUT2D eigenvalue weighted by Gasteiger charge is -2.24. The van der Waals surface area contributed by atoms with Gasteiger partial charge in [-0.05, 0) is 6.42 Å². The van der Waals surface area contributed by atoms with Crippen molar-refractivity contribution in [2.45, 2.75) is 18.6 Å². The highest BCUT2D eigenvalue weighted by Crippen LogP contribution is 2.15. The van der Waals surface area contributed by atoms with Crippen molar-refractivity contribution in [1.82, 2.24) is 0 Å². The highest BCUT2D eigenvalue weighted by Gasteiger charge is 2.40. The first kappa shape index (κ1) is 25.4. The van der Waals surface area contributed by atoms with Gasteiger partial charge in [-0.1, -0.05) is 30.3 Å². The summed E-state index contributed by atoms with van der Waals surface area (Å²) in [6, 6.07) is 10.5. The van der Waals surface area contributed by atoms with Crippen LogP contribution in [0.1, 0.15) is 6.42 Å². The molecule has 1 atom stereocenters. The van der Waals surface area contributed by atoms with Crippen molar-refractivity contribution in [3.63, 3.8) is 0 Å². The van der Waals surface area contributed by atoms with Gasteiger partial charge in [0, 0.05) is 60.5 Å². The summed E-state index contributed by atoms with van der Waals surface area (Å²) in [7, 11) is 4.70. The van der Waals surface area contributed by atoms with E-state index in [9.17, 15) is 0 Å². The second-order valence-electron chi connectivity index (χ2n) is 5.96. The van der Waals surface area contributed by atoms with Gasteiger partial charge in [-0.2, -0.15) is 0 Å². The average Bonchev–Trinajstić information content (AvgIpc) is 3.59. The topological polar surface area (TPSA) is 77.1 Å². The van der Waals surface area contributed by atoms with Crippen LogP contribution in [0, 0.1) is 0 Å². The Morgan fingerprint density at radius 3 is 1.82 bits per heavy atom. The maximum atomic E-state index is 5.42. The molecular formula is C18H34O8Si2. The largest absolute Gasteiger partial charge is 0.536 e. The highest BCUT2D eigenvalue weighted by atomic mass is 28.4. The Hall–Kier alpha value is -0.666. The molecule has 1 aromatic rings. The van der Waals surface area contributed by atoms with Crippen molar-refractivity contribution in [3.8, 4) is 0 Å². The van der Waals surface area contributed by atoms with Gasteiger partial charge < -0.3 is 36.0 Å². The van der Waals surface area contributed by atoms with E-state index in [0.717, 1.165) is 24.3 Å². The third-order valence-corrected chi connectivity index (χ3v) is 9.83. The summed E-state index contributed by atoms with van der Waals surface area (Å²) < 4.78 is 42.3. The molecule has 28 heavy (non-hydrogen) atoms. The molecule has 0 aliphatic carbocycles. The summed E-state index contributed by atoms with van der Waals surface area (Å²) in [5.41, 5.74) is 0. The molecule has 10 heteroatoms. The van der Waals surface area contributed by atoms with Gasteiger partial charge in [0.2, 0.25) is 0 Å². The quantitative estimate of drug-likeness (QED) is 0.262. The minimum Gasteiger partial charge on any atom is -0.379 e. The van der Waals surface area contributed by atoms with E-state index < -0.39 is 17.6 Å². The molecule has 1 aliphatic rings. The fraction of sp³-hybridized carbons (Fsp3) is 0.667. The summed E-state index contributed by atoms with van der Waals surface area (Å²) in [6.45, 7) is 2.24. The van der Waals surface area contributed by atoms with Crippen LogP contribution in [0.3, 0.4) is 0 Å². The molecule has 8 nitrogen and oxygen atoms in total. The van der Waals surface area contributed by atoms with E-state index in [1.54, 1.807) is 42.7 Å². The van der Waals surface area contributed by atoms with Crippen LogP contribution in [0.4, 0.5) is 0 Å². The van der Waals surface area contributed by atoms with Gasteiger partial charge in [0.1, 0.15) is 6.10 Å². The molecule has 1 heterocycles. The smallest absolute Gasteiger partial charge is 0.379 e. The van der Waals surface area contributed by atoms with E-state index in [0.29, 0.717) is 19.3 Å². The summed E-state index contributed by atoms with van der Waals surface area (Å²) in [6.07, 6.45) is 1.22. The fourth-order valence-electron chi connectivity index (χ4n) is 2.57. The first-order valence-corrected chi connectivity index (χ1v) is 12.8. The zero-order chi connectivity index (χ0) is 20.9. The molecule has 1 saturated heterocycles. The van der Waals surface area contributed by atoms with E-state index in [2.05, 4.69) is 0 Å². The molecular weight excluding hydrogens is 400 g/mol. The third kappa shape index (κ3) is 7.99. The van der Waals surface area contributed by atoms with Crippen LogP contribution in [0.5, 0.6) is 0 Å². The summed E-state index contributed by atoms with van der Waals surface area (Å²) in [5, 5.41) is 0.975. The molecule has 0 aromatic heterocycles. The Morgan fingerprint density at radius 1 is 0.857 bits per heavy atom. The number of epoxide rings is 1. The van der Waals surface area contributed by atoms with Crippen molar-refractivity contribution in [1.29, 1.82) is 0 Å². The van der Waals surface area contributed by atoms with Gasteiger partial charge in [-0.15, -0.1) is 0 Å². The predicted octanol–water partition coefficient (Wildman–Crippen LogP) is 1.44. The lowest BCUT2D eigenvalue weighted by Crippen LogP contribution is -2.54. The van der Waals surface area contributed by atoms with Crippen LogP contribution in [0.25, 0.3) is 0 Å². The number of hydrogen-bond donors (Lipinski definition) is 0. The number of benzene rings is 1. The summed E-state index contributed by atoms with van der Waals surface area (Å²) >= 11 is 0. The molecule has 1 fully saturated rings.